The minimum atomic E-state index is -0.857. The van der Waals surface area contributed by atoms with Gasteiger partial charge >= 0.3 is 54.5 Å². The standard InChI is InChI=1S/C10H18O4.C4H9.Li/c1-2-3-5-8(10(13)14)6-4-7-9(11)12;1-3-4-2;/h8H,2-7H2,1H3,(H,11,12)(H,13,14);1,3-4H2,2H3;. The van der Waals surface area contributed by atoms with Gasteiger partial charge in [0.05, 0.1) is 5.92 Å². The summed E-state index contributed by atoms with van der Waals surface area (Å²) in [6, 6.07) is 0. The molecule has 0 amide bonds. The van der Waals surface area contributed by atoms with Gasteiger partial charge in [-0.3, -0.25) is 9.59 Å². The Morgan fingerprint density at radius 3 is 1.84 bits per heavy atom. The van der Waals surface area contributed by atoms with Crippen molar-refractivity contribution < 1.29 is 19.8 Å². The van der Waals surface area contributed by atoms with Crippen molar-refractivity contribution in [3.05, 3.63) is 0 Å². The van der Waals surface area contributed by atoms with E-state index in [9.17, 15) is 9.59 Å². The van der Waals surface area contributed by atoms with Crippen molar-refractivity contribution in [2.75, 3.05) is 0 Å². The van der Waals surface area contributed by atoms with Crippen molar-refractivity contribution in [3.8, 4) is 0 Å². The maximum absolute atomic E-state index is 10.7. The molecule has 0 aromatic heterocycles. The third-order valence-corrected chi connectivity index (χ3v) is 2.91. The molecule has 108 valence electrons. The fraction of sp³-hybridized carbons (Fsp3) is 0.857. The second-order valence-corrected chi connectivity index (χ2v) is 4.82. The zero-order valence-corrected chi connectivity index (χ0v) is 12.7. The van der Waals surface area contributed by atoms with Crippen LogP contribution in [0.1, 0.15) is 65.2 Å². The van der Waals surface area contributed by atoms with Gasteiger partial charge in [-0.1, -0.05) is 19.8 Å². The molecule has 0 aliphatic rings. The molecule has 0 aliphatic carbocycles. The zero-order chi connectivity index (χ0) is 15.1. The molecule has 0 heterocycles. The van der Waals surface area contributed by atoms with E-state index in [0.29, 0.717) is 19.3 Å². The molecule has 5 heteroatoms. The molecule has 0 aromatic carbocycles. The van der Waals surface area contributed by atoms with Crippen molar-refractivity contribution in [3.63, 3.8) is 0 Å². The molecule has 0 rings (SSSR count). The molecule has 1 atom stereocenters. The summed E-state index contributed by atoms with van der Waals surface area (Å²) in [6.07, 6.45) is 6.25. The van der Waals surface area contributed by atoms with E-state index in [-0.39, 0.29) is 12.3 Å². The van der Waals surface area contributed by atoms with Gasteiger partial charge in [-0.05, 0) is 19.3 Å². The van der Waals surface area contributed by atoms with Crippen LogP contribution in [0.5, 0.6) is 0 Å². The number of carboxylic acid groups (broad SMARTS) is 2. The van der Waals surface area contributed by atoms with Crippen molar-refractivity contribution in [1.82, 2.24) is 0 Å². The van der Waals surface area contributed by atoms with Gasteiger partial charge < -0.3 is 10.2 Å². The topological polar surface area (TPSA) is 74.6 Å². The molecule has 0 spiro atoms. The van der Waals surface area contributed by atoms with Crippen LogP contribution in [0, 0.1) is 5.92 Å². The predicted octanol–water partition coefficient (Wildman–Crippen LogP) is 3.51. The molecule has 0 aliphatic heterocycles. The molecule has 0 bridgehead atoms. The Hall–Kier alpha value is -0.463. The number of aliphatic carboxylic acids is 2. The van der Waals surface area contributed by atoms with Crippen molar-refractivity contribution >= 4 is 29.7 Å². The first-order valence-electron chi connectivity index (χ1n) is 7.44. The fourth-order valence-corrected chi connectivity index (χ4v) is 1.70. The normalized spacial score (nSPS) is 11.4. The van der Waals surface area contributed by atoms with Gasteiger partial charge in [-0.15, -0.1) is 0 Å². The number of carbonyl (C=O) groups is 2. The van der Waals surface area contributed by atoms with Gasteiger partial charge in [0, 0.05) is 6.42 Å². The Balaban J connectivity index is 0. The minimum absolute atomic E-state index is 0.0654. The number of rotatable bonds is 10. The Bertz CT molecular complexity index is 229. The molecule has 0 fully saturated rings. The summed E-state index contributed by atoms with van der Waals surface area (Å²) in [4.78, 5) is 21.0. The molecule has 1 unspecified atom stereocenters. The van der Waals surface area contributed by atoms with Crippen LogP contribution in [0.15, 0.2) is 0 Å². The van der Waals surface area contributed by atoms with Crippen molar-refractivity contribution in [2.45, 2.75) is 70.3 Å². The van der Waals surface area contributed by atoms with E-state index in [1.807, 2.05) is 6.92 Å². The third kappa shape index (κ3) is 17.5. The molecule has 4 nitrogen and oxygen atoms in total. The summed E-state index contributed by atoms with van der Waals surface area (Å²) in [7, 11) is 0. The van der Waals surface area contributed by atoms with E-state index < -0.39 is 11.9 Å². The summed E-state index contributed by atoms with van der Waals surface area (Å²) in [5, 5.41) is 18.6. The average molecular weight is 266 g/mol. The fourth-order valence-electron chi connectivity index (χ4n) is 1.70. The predicted molar refractivity (Wildman–Crippen MR) is 77.6 cm³/mol. The van der Waals surface area contributed by atoms with E-state index in [1.54, 1.807) is 0 Å². The maximum atomic E-state index is 10.7. The number of unbranched alkanes of at least 4 members (excludes halogenated alkanes) is 2. The molecule has 0 aromatic rings. The first-order valence-corrected chi connectivity index (χ1v) is 7.44. The number of carboxylic acids is 2. The van der Waals surface area contributed by atoms with E-state index >= 15 is 0 Å². The van der Waals surface area contributed by atoms with E-state index in [2.05, 4.69) is 24.6 Å². The van der Waals surface area contributed by atoms with Crippen LogP contribution in [0.4, 0.5) is 0 Å². The van der Waals surface area contributed by atoms with Crippen LogP contribution in [-0.2, 0) is 9.59 Å². The molecule has 19 heavy (non-hydrogen) atoms. The van der Waals surface area contributed by atoms with Crippen LogP contribution in [0.2, 0.25) is 5.09 Å². The molecule has 0 saturated heterocycles. The van der Waals surface area contributed by atoms with Crippen LogP contribution in [-0.4, -0.2) is 39.9 Å². The first-order chi connectivity index (χ1) is 8.99. The van der Waals surface area contributed by atoms with E-state index in [4.69, 9.17) is 10.2 Å². The summed E-state index contributed by atoms with van der Waals surface area (Å²) < 4.78 is 0. The van der Waals surface area contributed by atoms with Crippen molar-refractivity contribution in [2.24, 2.45) is 5.92 Å². The van der Waals surface area contributed by atoms with Crippen molar-refractivity contribution in [1.29, 1.82) is 0 Å². The molecular weight excluding hydrogens is 239 g/mol. The Morgan fingerprint density at radius 1 is 1.00 bits per heavy atom. The molecular formula is C14H27LiO4. The second kappa shape index (κ2) is 15.6. The van der Waals surface area contributed by atoms with Gasteiger partial charge in [-0.25, -0.2) is 0 Å². The zero-order valence-electron chi connectivity index (χ0n) is 12.7. The SMILES string of the molecule is CCCCC(CCCC(=O)O)C(=O)O.[Li][CH2]CCC. The molecule has 0 saturated carbocycles. The Kier molecular flexibility index (Phi) is 17.1. The van der Waals surface area contributed by atoms with Crippen LogP contribution in [0.3, 0.4) is 0 Å². The Morgan fingerprint density at radius 2 is 1.53 bits per heavy atom. The molecule has 2 N–H and O–H groups in total. The van der Waals surface area contributed by atoms with Gasteiger partial charge in [0.15, 0.2) is 0 Å². The molecule has 0 radical (unpaired) electrons. The summed E-state index contributed by atoms with van der Waals surface area (Å²) in [6.45, 7) is 4.22. The first kappa shape index (κ1) is 20.8. The van der Waals surface area contributed by atoms with Crippen LogP contribution >= 0.6 is 0 Å². The average Bonchev–Trinajstić information content (AvgIpc) is 2.34. The van der Waals surface area contributed by atoms with Gasteiger partial charge in [-0.2, -0.15) is 0 Å². The number of hydrogen-bond acceptors (Lipinski definition) is 2. The van der Waals surface area contributed by atoms with Gasteiger partial charge in [0.25, 0.3) is 0 Å². The summed E-state index contributed by atoms with van der Waals surface area (Å²) in [5.74, 6) is -2.03. The summed E-state index contributed by atoms with van der Waals surface area (Å²) in [5.41, 5.74) is 0. The second-order valence-electron chi connectivity index (χ2n) is 4.82. The Labute approximate surface area is 126 Å². The third-order valence-electron chi connectivity index (χ3n) is 2.91. The van der Waals surface area contributed by atoms with Gasteiger partial charge in [0.2, 0.25) is 0 Å². The van der Waals surface area contributed by atoms with E-state index in [1.165, 1.54) is 17.9 Å². The number of hydrogen-bond donors (Lipinski definition) is 2. The summed E-state index contributed by atoms with van der Waals surface area (Å²) >= 11 is 2.21. The van der Waals surface area contributed by atoms with Gasteiger partial charge in [0.1, 0.15) is 0 Å². The quantitative estimate of drug-likeness (QED) is 0.593. The van der Waals surface area contributed by atoms with Crippen LogP contribution in [0.25, 0.3) is 0 Å². The monoisotopic (exact) mass is 266 g/mol. The van der Waals surface area contributed by atoms with E-state index in [0.717, 1.165) is 12.8 Å². The van der Waals surface area contributed by atoms with Crippen LogP contribution < -0.4 is 0 Å².